The van der Waals surface area contributed by atoms with Crippen LogP contribution in [0.3, 0.4) is 0 Å². The summed E-state index contributed by atoms with van der Waals surface area (Å²) in [6.07, 6.45) is 4.91. The molecule has 2 heteroatoms. The molecule has 1 aromatic carbocycles. The molecular formula is C11H9NO. The Hall–Kier alpha value is -1.75. The van der Waals surface area contributed by atoms with E-state index in [4.69, 9.17) is 10.00 Å². The van der Waals surface area contributed by atoms with Crippen molar-refractivity contribution in [1.82, 2.24) is 0 Å². The molecule has 0 spiro atoms. The molecule has 0 aliphatic carbocycles. The fraction of sp³-hybridized carbons (Fsp3) is 0.182. The first-order valence-electron chi connectivity index (χ1n) is 4.21. The molecule has 64 valence electrons. The van der Waals surface area contributed by atoms with Gasteiger partial charge in [0.1, 0.15) is 12.4 Å². The minimum atomic E-state index is 0.624. The fourth-order valence-electron chi connectivity index (χ4n) is 1.37. The summed E-state index contributed by atoms with van der Waals surface area (Å²) in [6.45, 7) is 0.624. The monoisotopic (exact) mass is 171 g/mol. The average Bonchev–Trinajstić information content (AvgIpc) is 2.41. The summed E-state index contributed by atoms with van der Waals surface area (Å²) in [5.41, 5.74) is 1.78. The third-order valence-corrected chi connectivity index (χ3v) is 2.03. The van der Waals surface area contributed by atoms with E-state index in [9.17, 15) is 0 Å². The second kappa shape index (κ2) is 3.32. The van der Waals surface area contributed by atoms with Crippen LogP contribution < -0.4 is 4.74 Å². The van der Waals surface area contributed by atoms with Crippen LogP contribution in [0.2, 0.25) is 0 Å². The largest absolute Gasteiger partial charge is 0.489 e. The number of benzene rings is 1. The molecule has 0 radical (unpaired) electrons. The molecule has 0 saturated carbocycles. The Morgan fingerprint density at radius 2 is 2.23 bits per heavy atom. The van der Waals surface area contributed by atoms with E-state index in [1.165, 1.54) is 0 Å². The Kier molecular flexibility index (Phi) is 2.01. The predicted octanol–water partition coefficient (Wildman–Crippen LogP) is 2.05. The zero-order valence-corrected chi connectivity index (χ0v) is 7.16. The first kappa shape index (κ1) is 7.88. The Morgan fingerprint density at radius 1 is 1.31 bits per heavy atom. The van der Waals surface area contributed by atoms with Gasteiger partial charge >= 0.3 is 0 Å². The lowest BCUT2D eigenvalue weighted by Gasteiger charge is -2.05. The first-order chi connectivity index (χ1) is 6.40. The summed E-state index contributed by atoms with van der Waals surface area (Å²) in [5.74, 6) is 0.893. The maximum Gasteiger partial charge on any atom is 0.123 e. The zero-order chi connectivity index (χ0) is 9.10. The summed E-state index contributed by atoms with van der Waals surface area (Å²) in [5, 5.41) is 8.70. The molecular weight excluding hydrogens is 162 g/mol. The highest BCUT2D eigenvalue weighted by Gasteiger charge is 2.05. The van der Waals surface area contributed by atoms with Gasteiger partial charge in [-0.1, -0.05) is 12.2 Å². The Bertz CT molecular complexity index is 388. The molecule has 2 nitrogen and oxygen atoms in total. The van der Waals surface area contributed by atoms with Crippen molar-refractivity contribution >= 4 is 0 Å². The SMILES string of the molecule is N#Cc1ccc2c(c1)CC=CCO2. The molecule has 1 aliphatic heterocycles. The summed E-state index contributed by atoms with van der Waals surface area (Å²) in [7, 11) is 0. The molecule has 13 heavy (non-hydrogen) atoms. The minimum Gasteiger partial charge on any atom is -0.489 e. The molecule has 0 N–H and O–H groups in total. The van der Waals surface area contributed by atoms with Crippen LogP contribution in [0.1, 0.15) is 11.1 Å². The fourth-order valence-corrected chi connectivity index (χ4v) is 1.37. The summed E-state index contributed by atoms with van der Waals surface area (Å²) in [4.78, 5) is 0. The van der Waals surface area contributed by atoms with Gasteiger partial charge in [-0.15, -0.1) is 0 Å². The average molecular weight is 171 g/mol. The number of ether oxygens (including phenoxy) is 1. The van der Waals surface area contributed by atoms with Crippen LogP contribution in [0.15, 0.2) is 30.4 Å². The molecule has 0 saturated heterocycles. The van der Waals surface area contributed by atoms with E-state index in [2.05, 4.69) is 12.1 Å². The Labute approximate surface area is 77.1 Å². The van der Waals surface area contributed by atoms with Gasteiger partial charge in [-0.3, -0.25) is 0 Å². The van der Waals surface area contributed by atoms with Crippen molar-refractivity contribution in [3.63, 3.8) is 0 Å². The van der Waals surface area contributed by atoms with Crippen LogP contribution in [-0.2, 0) is 6.42 Å². The van der Waals surface area contributed by atoms with Crippen molar-refractivity contribution < 1.29 is 4.74 Å². The predicted molar refractivity (Wildman–Crippen MR) is 49.5 cm³/mol. The van der Waals surface area contributed by atoms with Crippen LogP contribution >= 0.6 is 0 Å². The van der Waals surface area contributed by atoms with Gasteiger partial charge in [-0.25, -0.2) is 0 Å². The van der Waals surface area contributed by atoms with Gasteiger partial charge in [-0.05, 0) is 30.2 Å². The molecule has 0 fully saturated rings. The molecule has 2 rings (SSSR count). The lowest BCUT2D eigenvalue weighted by atomic mass is 10.1. The van der Waals surface area contributed by atoms with Crippen molar-refractivity contribution in [3.05, 3.63) is 41.5 Å². The van der Waals surface area contributed by atoms with Gasteiger partial charge in [0.15, 0.2) is 0 Å². The normalized spacial score (nSPS) is 13.8. The van der Waals surface area contributed by atoms with E-state index >= 15 is 0 Å². The van der Waals surface area contributed by atoms with Gasteiger partial charge < -0.3 is 4.74 Å². The van der Waals surface area contributed by atoms with Crippen LogP contribution in [0.5, 0.6) is 5.75 Å². The van der Waals surface area contributed by atoms with Gasteiger partial charge in [0.2, 0.25) is 0 Å². The van der Waals surface area contributed by atoms with Crippen molar-refractivity contribution in [3.8, 4) is 11.8 Å². The lowest BCUT2D eigenvalue weighted by molar-refractivity contribution is 0.362. The highest BCUT2D eigenvalue weighted by Crippen LogP contribution is 2.22. The first-order valence-corrected chi connectivity index (χ1v) is 4.21. The molecule has 0 bridgehead atoms. The van der Waals surface area contributed by atoms with E-state index in [1.807, 2.05) is 18.2 Å². The van der Waals surface area contributed by atoms with E-state index in [0.29, 0.717) is 12.2 Å². The molecule has 0 unspecified atom stereocenters. The standard InChI is InChI=1S/C11H9NO/c12-8-9-4-5-11-10(7-9)3-1-2-6-13-11/h1-2,4-5,7H,3,6H2. The number of rotatable bonds is 0. The molecule has 0 amide bonds. The molecule has 1 heterocycles. The van der Waals surface area contributed by atoms with Gasteiger partial charge in [-0.2, -0.15) is 5.26 Å². The maximum absolute atomic E-state index is 8.70. The highest BCUT2D eigenvalue weighted by atomic mass is 16.5. The highest BCUT2D eigenvalue weighted by molar-refractivity contribution is 5.43. The third-order valence-electron chi connectivity index (χ3n) is 2.03. The number of fused-ring (bicyclic) bond motifs is 1. The zero-order valence-electron chi connectivity index (χ0n) is 7.16. The second-order valence-corrected chi connectivity index (χ2v) is 2.92. The van der Waals surface area contributed by atoms with Crippen molar-refractivity contribution in [2.45, 2.75) is 6.42 Å². The summed E-state index contributed by atoms with van der Waals surface area (Å²) in [6, 6.07) is 7.64. The van der Waals surface area contributed by atoms with E-state index < -0.39 is 0 Å². The number of hydrogen-bond donors (Lipinski definition) is 0. The van der Waals surface area contributed by atoms with Crippen LogP contribution in [0, 0.1) is 11.3 Å². The minimum absolute atomic E-state index is 0.624. The van der Waals surface area contributed by atoms with Crippen LogP contribution in [-0.4, -0.2) is 6.61 Å². The van der Waals surface area contributed by atoms with Gasteiger partial charge in [0.05, 0.1) is 11.6 Å². The lowest BCUT2D eigenvalue weighted by Crippen LogP contribution is -1.94. The summed E-state index contributed by atoms with van der Waals surface area (Å²) < 4.78 is 5.45. The molecule has 1 aromatic rings. The molecule has 1 aliphatic rings. The Morgan fingerprint density at radius 3 is 3.08 bits per heavy atom. The van der Waals surface area contributed by atoms with E-state index in [-0.39, 0.29) is 0 Å². The summed E-state index contributed by atoms with van der Waals surface area (Å²) >= 11 is 0. The van der Waals surface area contributed by atoms with Crippen LogP contribution in [0.4, 0.5) is 0 Å². The third kappa shape index (κ3) is 1.54. The van der Waals surface area contributed by atoms with Crippen molar-refractivity contribution in [1.29, 1.82) is 5.26 Å². The molecule has 0 aromatic heterocycles. The van der Waals surface area contributed by atoms with Gasteiger partial charge in [0, 0.05) is 0 Å². The number of nitrogens with zero attached hydrogens (tertiary/aromatic N) is 1. The maximum atomic E-state index is 8.70. The smallest absolute Gasteiger partial charge is 0.123 e. The number of allylic oxidation sites excluding steroid dienone is 1. The van der Waals surface area contributed by atoms with Crippen molar-refractivity contribution in [2.24, 2.45) is 0 Å². The topological polar surface area (TPSA) is 33.0 Å². The van der Waals surface area contributed by atoms with Crippen LogP contribution in [0.25, 0.3) is 0 Å². The quantitative estimate of drug-likeness (QED) is 0.560. The molecule has 0 atom stereocenters. The number of nitriles is 1. The Balaban J connectivity index is 2.44. The number of hydrogen-bond acceptors (Lipinski definition) is 2. The van der Waals surface area contributed by atoms with E-state index in [0.717, 1.165) is 17.7 Å². The van der Waals surface area contributed by atoms with Crippen molar-refractivity contribution in [2.75, 3.05) is 6.61 Å². The van der Waals surface area contributed by atoms with Gasteiger partial charge in [0.25, 0.3) is 0 Å². The van der Waals surface area contributed by atoms with E-state index in [1.54, 1.807) is 6.07 Å². The second-order valence-electron chi connectivity index (χ2n) is 2.92.